The van der Waals surface area contributed by atoms with Gasteiger partial charge in [0.05, 0.1) is 0 Å². The molecule has 0 atom stereocenters. The van der Waals surface area contributed by atoms with Gasteiger partial charge in [0, 0.05) is 5.57 Å². The molecule has 0 unspecified atom stereocenters. The molecule has 82 valence electrons. The van der Waals surface area contributed by atoms with Crippen molar-refractivity contribution in [3.8, 4) is 0 Å². The smallest absolute Gasteiger partial charge is 0.334 e. The van der Waals surface area contributed by atoms with Crippen LogP contribution in [0, 0.1) is 0 Å². The molecule has 0 bridgehead atoms. The second kappa shape index (κ2) is 3.84. The Bertz CT molecular complexity index is 319. The fourth-order valence-corrected chi connectivity index (χ4v) is 2.79. The summed E-state index contributed by atoms with van der Waals surface area (Å²) < 4.78 is 5.61. The molecule has 1 fully saturated rings. The van der Waals surface area contributed by atoms with E-state index in [2.05, 4.69) is 6.58 Å². The van der Waals surface area contributed by atoms with Gasteiger partial charge in [0.15, 0.2) is 0 Å². The van der Waals surface area contributed by atoms with E-state index in [4.69, 9.17) is 4.74 Å². The zero-order chi connectivity index (χ0) is 10.9. The lowest BCUT2D eigenvalue weighted by Crippen LogP contribution is -2.34. The van der Waals surface area contributed by atoms with Crippen molar-refractivity contribution in [3.63, 3.8) is 0 Å². The molecule has 2 heteroatoms. The predicted octanol–water partition coefficient (Wildman–Crippen LogP) is 3.14. The highest BCUT2D eigenvalue weighted by Crippen LogP contribution is 2.44. The van der Waals surface area contributed by atoms with E-state index in [1.807, 2.05) is 13.0 Å². The molecule has 2 rings (SSSR count). The molecule has 1 saturated carbocycles. The second-order valence-electron chi connectivity index (χ2n) is 4.54. The van der Waals surface area contributed by atoms with Crippen LogP contribution in [0.5, 0.6) is 0 Å². The first-order valence-corrected chi connectivity index (χ1v) is 5.74. The number of esters is 1. The van der Waals surface area contributed by atoms with Crippen LogP contribution < -0.4 is 0 Å². The Morgan fingerprint density at radius 3 is 2.67 bits per heavy atom. The van der Waals surface area contributed by atoms with Crippen LogP contribution in [0.25, 0.3) is 0 Å². The summed E-state index contributed by atoms with van der Waals surface area (Å²) in [5, 5.41) is 0. The largest absolute Gasteiger partial charge is 0.451 e. The van der Waals surface area contributed by atoms with Crippen LogP contribution in [-0.2, 0) is 9.53 Å². The van der Waals surface area contributed by atoms with Crippen molar-refractivity contribution in [3.05, 3.63) is 23.8 Å². The summed E-state index contributed by atoms with van der Waals surface area (Å²) in [5.74, 6) is -0.117. The lowest BCUT2D eigenvalue weighted by atomic mass is 9.78. The Morgan fingerprint density at radius 1 is 1.40 bits per heavy atom. The molecule has 0 aromatic heterocycles. The fourth-order valence-electron chi connectivity index (χ4n) is 2.79. The van der Waals surface area contributed by atoms with Crippen molar-refractivity contribution in [1.82, 2.24) is 0 Å². The summed E-state index contributed by atoms with van der Waals surface area (Å²) in [6.45, 7) is 5.64. The molecule has 0 saturated heterocycles. The van der Waals surface area contributed by atoms with Gasteiger partial charge in [-0.25, -0.2) is 4.79 Å². The monoisotopic (exact) mass is 206 g/mol. The van der Waals surface area contributed by atoms with E-state index in [0.29, 0.717) is 0 Å². The first-order valence-electron chi connectivity index (χ1n) is 5.74. The molecule has 0 aromatic carbocycles. The number of rotatable bonds is 2. The third-order valence-electron chi connectivity index (χ3n) is 3.61. The number of carbonyl (C=O) groups excluding carboxylic acids is 1. The van der Waals surface area contributed by atoms with Gasteiger partial charge in [0.25, 0.3) is 0 Å². The second-order valence-corrected chi connectivity index (χ2v) is 4.54. The van der Waals surface area contributed by atoms with Crippen LogP contribution in [0.15, 0.2) is 23.8 Å². The summed E-state index contributed by atoms with van der Waals surface area (Å²) in [4.78, 5) is 11.6. The van der Waals surface area contributed by atoms with Crippen LogP contribution >= 0.6 is 0 Å². The van der Waals surface area contributed by atoms with Gasteiger partial charge in [-0.1, -0.05) is 12.5 Å². The molecule has 15 heavy (non-hydrogen) atoms. The van der Waals surface area contributed by atoms with Gasteiger partial charge in [0.1, 0.15) is 5.60 Å². The van der Waals surface area contributed by atoms with Crippen molar-refractivity contribution in [2.75, 3.05) is 0 Å². The highest BCUT2D eigenvalue weighted by molar-refractivity contribution is 5.92. The molecule has 0 amide bonds. The fraction of sp³-hybridized carbons (Fsp3) is 0.615. The van der Waals surface area contributed by atoms with Crippen LogP contribution in [0.1, 0.15) is 45.4 Å². The molecule has 1 heterocycles. The molecule has 0 N–H and O–H groups in total. The van der Waals surface area contributed by atoms with E-state index in [1.165, 1.54) is 24.8 Å². The Labute approximate surface area is 91.0 Å². The predicted molar refractivity (Wildman–Crippen MR) is 59.4 cm³/mol. The van der Waals surface area contributed by atoms with Gasteiger partial charge in [-0.3, -0.25) is 0 Å². The summed E-state index contributed by atoms with van der Waals surface area (Å²) in [6.07, 6.45) is 8.26. The molecule has 1 spiro atoms. The van der Waals surface area contributed by atoms with Crippen molar-refractivity contribution in [2.24, 2.45) is 0 Å². The Kier molecular flexibility index (Phi) is 2.68. The van der Waals surface area contributed by atoms with Crippen LogP contribution in [0.4, 0.5) is 0 Å². The Balaban J connectivity index is 2.32. The third kappa shape index (κ3) is 1.62. The lowest BCUT2D eigenvalue weighted by molar-refractivity contribution is -0.149. The topological polar surface area (TPSA) is 26.3 Å². The van der Waals surface area contributed by atoms with E-state index in [-0.39, 0.29) is 11.6 Å². The molecule has 1 aliphatic carbocycles. The number of ether oxygens (including phenoxy) is 1. The minimum atomic E-state index is -0.256. The highest BCUT2D eigenvalue weighted by atomic mass is 16.6. The van der Waals surface area contributed by atoms with Gasteiger partial charge >= 0.3 is 5.97 Å². The van der Waals surface area contributed by atoms with Gasteiger partial charge in [-0.05, 0) is 44.6 Å². The molecule has 2 aliphatic rings. The molecule has 1 aliphatic heterocycles. The molecule has 2 nitrogen and oxygen atoms in total. The normalized spacial score (nSPS) is 24.5. The maximum absolute atomic E-state index is 11.6. The van der Waals surface area contributed by atoms with Crippen molar-refractivity contribution < 1.29 is 9.53 Å². The van der Waals surface area contributed by atoms with E-state index < -0.39 is 0 Å². The minimum Gasteiger partial charge on any atom is -0.451 e. The molecular weight excluding hydrogens is 188 g/mol. The van der Waals surface area contributed by atoms with Gasteiger partial charge in [-0.2, -0.15) is 0 Å². The lowest BCUT2D eigenvalue weighted by Gasteiger charge is -2.34. The first kappa shape index (κ1) is 10.5. The minimum absolute atomic E-state index is 0.117. The average Bonchev–Trinajstić information content (AvgIpc) is 2.45. The van der Waals surface area contributed by atoms with E-state index in [9.17, 15) is 4.79 Å². The van der Waals surface area contributed by atoms with E-state index >= 15 is 0 Å². The summed E-state index contributed by atoms with van der Waals surface area (Å²) >= 11 is 0. The van der Waals surface area contributed by atoms with Gasteiger partial charge in [-0.15, -0.1) is 6.58 Å². The highest BCUT2D eigenvalue weighted by Gasteiger charge is 2.45. The van der Waals surface area contributed by atoms with Crippen LogP contribution in [0.3, 0.4) is 0 Å². The standard InChI is InChI=1S/C13H18O2/c1-3-7-11-10(2)12(14)15-13(11)8-5-4-6-9-13/h3H,1,4-9H2,2H3. The summed E-state index contributed by atoms with van der Waals surface area (Å²) in [6, 6.07) is 0. The number of hydrogen-bond acceptors (Lipinski definition) is 2. The van der Waals surface area contributed by atoms with Crippen molar-refractivity contribution in [2.45, 2.75) is 51.0 Å². The maximum atomic E-state index is 11.6. The number of allylic oxidation sites excluding steroid dienone is 1. The summed E-state index contributed by atoms with van der Waals surface area (Å²) in [5.41, 5.74) is 1.74. The molecule has 0 radical (unpaired) electrons. The third-order valence-corrected chi connectivity index (χ3v) is 3.61. The van der Waals surface area contributed by atoms with E-state index in [0.717, 1.165) is 24.8 Å². The number of carbonyl (C=O) groups is 1. The van der Waals surface area contributed by atoms with E-state index in [1.54, 1.807) is 0 Å². The first-order chi connectivity index (χ1) is 7.19. The zero-order valence-electron chi connectivity index (χ0n) is 9.34. The van der Waals surface area contributed by atoms with Crippen molar-refractivity contribution >= 4 is 5.97 Å². The number of hydrogen-bond donors (Lipinski definition) is 0. The Morgan fingerprint density at radius 2 is 2.07 bits per heavy atom. The Hall–Kier alpha value is -1.05. The van der Waals surface area contributed by atoms with Gasteiger partial charge in [0.2, 0.25) is 0 Å². The van der Waals surface area contributed by atoms with Crippen molar-refractivity contribution in [1.29, 1.82) is 0 Å². The maximum Gasteiger partial charge on any atom is 0.334 e. The van der Waals surface area contributed by atoms with Gasteiger partial charge < -0.3 is 4.74 Å². The van der Waals surface area contributed by atoms with Crippen LogP contribution in [-0.4, -0.2) is 11.6 Å². The molecular formula is C13H18O2. The summed E-state index contributed by atoms with van der Waals surface area (Å²) in [7, 11) is 0. The average molecular weight is 206 g/mol. The quantitative estimate of drug-likeness (QED) is 0.512. The molecule has 0 aromatic rings. The van der Waals surface area contributed by atoms with Crippen LogP contribution in [0.2, 0.25) is 0 Å². The SMILES string of the molecule is C=CCC1=C(C)C(=O)OC12CCCCC2. The zero-order valence-corrected chi connectivity index (χ0v) is 9.34.